The van der Waals surface area contributed by atoms with Crippen LogP contribution in [0, 0.1) is 35.0 Å². The van der Waals surface area contributed by atoms with E-state index in [-0.39, 0.29) is 30.5 Å². The van der Waals surface area contributed by atoms with E-state index in [1.54, 1.807) is 0 Å². The molecule has 4 rings (SSSR count). The predicted octanol–water partition coefficient (Wildman–Crippen LogP) is 7.14. The van der Waals surface area contributed by atoms with E-state index in [1.807, 2.05) is 13.8 Å². The van der Waals surface area contributed by atoms with Gasteiger partial charge < -0.3 is 4.74 Å². The van der Waals surface area contributed by atoms with Crippen LogP contribution in [0.5, 0.6) is 0 Å². The van der Waals surface area contributed by atoms with Crippen molar-refractivity contribution in [3.8, 4) is 0 Å². The van der Waals surface area contributed by atoms with Crippen LogP contribution < -0.4 is 0 Å². The molecule has 0 amide bonds. The summed E-state index contributed by atoms with van der Waals surface area (Å²) in [6.45, 7) is 8.47. The monoisotopic (exact) mass is 512 g/mol. The molecule has 2 heterocycles. The first-order valence-corrected chi connectivity index (χ1v) is 15.5. The Morgan fingerprint density at radius 2 is 2.00 bits per heavy atom. The highest BCUT2D eigenvalue weighted by Gasteiger charge is 2.59. The van der Waals surface area contributed by atoms with E-state index in [1.165, 1.54) is 51.1 Å². The van der Waals surface area contributed by atoms with Crippen molar-refractivity contribution in [3.63, 3.8) is 0 Å². The summed E-state index contributed by atoms with van der Waals surface area (Å²) in [5.74, 6) is 4.11. The lowest BCUT2D eigenvalue weighted by Crippen LogP contribution is -2.50. The average molecular weight is 513 g/mol. The largest absolute Gasteiger partial charge is 0.463 e. The minimum Gasteiger partial charge on any atom is -0.463 e. The molecular weight excluding hydrogens is 471 g/mol. The van der Waals surface area contributed by atoms with Gasteiger partial charge in [-0.15, -0.1) is 0 Å². The highest BCUT2D eigenvalue weighted by atomic mass is 79.9. The zero-order valence-corrected chi connectivity index (χ0v) is 22.4. The second kappa shape index (κ2) is 9.73. The second-order valence-electron chi connectivity index (χ2n) is 11.2. The molecule has 2 saturated carbocycles. The van der Waals surface area contributed by atoms with Gasteiger partial charge in [-0.1, -0.05) is 37.7 Å². The molecule has 2 saturated heterocycles. The fourth-order valence-electron chi connectivity index (χ4n) is 8.28. The molecule has 4 aliphatic rings. The van der Waals surface area contributed by atoms with E-state index in [4.69, 9.17) is 4.74 Å². The Morgan fingerprint density at radius 1 is 1.23 bits per heavy atom. The number of halogens is 1. The minimum atomic E-state index is -0.175. The Morgan fingerprint density at radius 3 is 2.71 bits per heavy atom. The molecule has 0 radical (unpaired) electrons. The van der Waals surface area contributed by atoms with Gasteiger partial charge in [0.05, 0.1) is 10.7 Å². The lowest BCUT2D eigenvalue weighted by molar-refractivity contribution is -0.147. The number of hydrogen-bond acceptors (Lipinski definition) is 3. The van der Waals surface area contributed by atoms with Crippen molar-refractivity contribution in [2.24, 2.45) is 35.0 Å². The maximum absolute atomic E-state index is 12.6. The van der Waals surface area contributed by atoms with E-state index in [9.17, 15) is 9.59 Å². The lowest BCUT2D eigenvalue weighted by atomic mass is 9.54. The molecular formula is C26H42BrO3P. The van der Waals surface area contributed by atoms with E-state index in [2.05, 4.69) is 29.8 Å². The van der Waals surface area contributed by atoms with Crippen molar-refractivity contribution in [1.29, 1.82) is 0 Å². The van der Waals surface area contributed by atoms with Gasteiger partial charge in [-0.3, -0.25) is 9.59 Å². The van der Waals surface area contributed by atoms with Gasteiger partial charge in [-0.2, -0.15) is 0 Å². The summed E-state index contributed by atoms with van der Waals surface area (Å²) in [5.41, 5.74) is 1.32. The summed E-state index contributed by atoms with van der Waals surface area (Å²) in [7, 11) is -0.175. The van der Waals surface area contributed by atoms with Gasteiger partial charge in [-0.25, -0.2) is 0 Å². The van der Waals surface area contributed by atoms with Gasteiger partial charge in [-0.05, 0) is 113 Å². The smallest absolute Gasteiger partial charge is 0.306 e. The molecule has 2 aliphatic carbocycles. The van der Waals surface area contributed by atoms with Crippen LogP contribution in [0.1, 0.15) is 91.9 Å². The van der Waals surface area contributed by atoms with Crippen LogP contribution in [0.3, 0.4) is 0 Å². The quantitative estimate of drug-likeness (QED) is 0.215. The van der Waals surface area contributed by atoms with Crippen molar-refractivity contribution in [2.75, 3.05) is 6.16 Å². The number of ether oxygens (including phenoxy) is 1. The van der Waals surface area contributed by atoms with Crippen LogP contribution in [0.2, 0.25) is 0 Å². The molecule has 5 heteroatoms. The number of fused-ring (bicyclic) bond motifs is 5. The number of ketones is 1. The number of rotatable bonds is 6. The molecule has 0 aromatic heterocycles. The second-order valence-corrected chi connectivity index (χ2v) is 15.5. The van der Waals surface area contributed by atoms with Gasteiger partial charge in [0, 0.05) is 12.3 Å². The fraction of sp³-hybridized carbons (Fsp3) is 0.923. The summed E-state index contributed by atoms with van der Waals surface area (Å²) < 4.78 is 5.52. The third-order valence-corrected chi connectivity index (χ3v) is 14.7. The Hall–Kier alpha value is 0.0500. The number of esters is 1. The molecule has 0 aromatic carbocycles. The van der Waals surface area contributed by atoms with Crippen molar-refractivity contribution >= 4 is 35.6 Å². The van der Waals surface area contributed by atoms with Gasteiger partial charge >= 0.3 is 5.97 Å². The molecule has 4 fully saturated rings. The normalized spacial score (nSPS) is 44.5. The van der Waals surface area contributed by atoms with Crippen LogP contribution in [0.15, 0.2) is 0 Å². The summed E-state index contributed by atoms with van der Waals surface area (Å²) in [6, 6.07) is 0. The Labute approximate surface area is 199 Å². The number of alkyl halides is 1. The molecule has 176 valence electrons. The number of carbonyl (C=O) groups is 2. The summed E-state index contributed by atoms with van der Waals surface area (Å²) in [6.07, 6.45) is 13.4. The first kappa shape index (κ1) is 24.2. The number of carbonyl (C=O) groups excluding carboxylic acids is 2. The highest BCUT2D eigenvalue weighted by Crippen LogP contribution is 2.70. The van der Waals surface area contributed by atoms with E-state index < -0.39 is 0 Å². The highest BCUT2D eigenvalue weighted by molar-refractivity contribution is 9.11. The van der Waals surface area contributed by atoms with Crippen molar-refractivity contribution in [3.05, 3.63) is 0 Å². The van der Waals surface area contributed by atoms with Crippen LogP contribution >= 0.6 is 23.9 Å². The van der Waals surface area contributed by atoms with E-state index in [0.717, 1.165) is 42.2 Å². The third-order valence-electron chi connectivity index (χ3n) is 9.59. The molecule has 9 unspecified atom stereocenters. The molecule has 0 bridgehead atoms. The Bertz CT molecular complexity index is 682. The third kappa shape index (κ3) is 4.43. The van der Waals surface area contributed by atoms with Gasteiger partial charge in [0.15, 0.2) is 5.78 Å². The summed E-state index contributed by atoms with van der Waals surface area (Å²) in [4.78, 5) is 24.6. The first-order chi connectivity index (χ1) is 14.8. The SMILES string of the molecule is CCC12CCC3C(CCP4C(Br)C(=O)C(C)CC34)C1CCC2CCCC(=O)OC(C)C. The van der Waals surface area contributed by atoms with Crippen molar-refractivity contribution < 1.29 is 14.3 Å². The lowest BCUT2D eigenvalue weighted by Gasteiger charge is -2.57. The van der Waals surface area contributed by atoms with Crippen molar-refractivity contribution in [1.82, 2.24) is 0 Å². The Kier molecular flexibility index (Phi) is 7.59. The zero-order valence-electron chi connectivity index (χ0n) is 19.9. The van der Waals surface area contributed by atoms with Crippen LogP contribution in [-0.2, 0) is 14.3 Å². The predicted molar refractivity (Wildman–Crippen MR) is 132 cm³/mol. The molecule has 3 nitrogen and oxygen atoms in total. The molecule has 9 atom stereocenters. The maximum atomic E-state index is 12.6. The molecule has 0 aromatic rings. The summed E-state index contributed by atoms with van der Waals surface area (Å²) in [5, 5.41) is 0. The molecule has 31 heavy (non-hydrogen) atoms. The first-order valence-electron chi connectivity index (χ1n) is 12.9. The molecule has 0 spiro atoms. The Balaban J connectivity index is 1.43. The number of Topliss-reactive ketones (excluding diaryl/α,β-unsaturated/α-hetero) is 1. The van der Waals surface area contributed by atoms with Gasteiger partial charge in [0.25, 0.3) is 0 Å². The van der Waals surface area contributed by atoms with Gasteiger partial charge in [0.2, 0.25) is 0 Å². The summed E-state index contributed by atoms with van der Waals surface area (Å²) >= 11 is 3.84. The zero-order chi connectivity index (χ0) is 22.3. The van der Waals surface area contributed by atoms with E-state index in [0.29, 0.717) is 17.6 Å². The molecule has 2 aliphatic heterocycles. The van der Waals surface area contributed by atoms with Crippen LogP contribution in [0.25, 0.3) is 0 Å². The maximum Gasteiger partial charge on any atom is 0.306 e. The van der Waals surface area contributed by atoms with Crippen LogP contribution in [0.4, 0.5) is 0 Å². The minimum absolute atomic E-state index is 0.00525. The van der Waals surface area contributed by atoms with E-state index >= 15 is 0 Å². The molecule has 0 N–H and O–H groups in total. The fourth-order valence-corrected chi connectivity index (χ4v) is 13.8. The van der Waals surface area contributed by atoms with Crippen LogP contribution in [-0.4, -0.2) is 34.2 Å². The average Bonchev–Trinajstić information content (AvgIpc) is 3.10. The number of hydrogen-bond donors (Lipinski definition) is 0. The standard InChI is InChI=1S/C26H42BrO3P/c1-5-26-13-11-20-19(12-14-31-22(20)15-17(4)24(29)25(31)27)21(26)10-9-18(26)7-6-8-23(28)30-16(2)3/h16-22,25H,5-15H2,1-4H3. The van der Waals surface area contributed by atoms with Crippen molar-refractivity contribution in [2.45, 2.75) is 108 Å². The van der Waals surface area contributed by atoms with Gasteiger partial charge in [0.1, 0.15) is 0 Å². The topological polar surface area (TPSA) is 43.4 Å².